The molecule has 6 heteroatoms. The van der Waals surface area contributed by atoms with Crippen molar-refractivity contribution in [1.82, 2.24) is 19.7 Å². The van der Waals surface area contributed by atoms with Crippen molar-refractivity contribution in [1.29, 1.82) is 0 Å². The molecule has 2 N–H and O–H groups in total. The van der Waals surface area contributed by atoms with Gasteiger partial charge in [0.15, 0.2) is 0 Å². The van der Waals surface area contributed by atoms with Crippen LogP contribution in [0.25, 0.3) is 16.6 Å². The van der Waals surface area contributed by atoms with Gasteiger partial charge in [-0.05, 0) is 30.3 Å². The first-order valence-electron chi connectivity index (χ1n) is 7.13. The van der Waals surface area contributed by atoms with Crippen LogP contribution in [0.2, 0.25) is 0 Å². The van der Waals surface area contributed by atoms with Gasteiger partial charge in [-0.25, -0.2) is 4.98 Å². The van der Waals surface area contributed by atoms with E-state index in [1.807, 2.05) is 47.2 Å². The molecule has 2 aromatic carbocycles. The Balaban J connectivity index is 1.58. The zero-order chi connectivity index (χ0) is 15.6. The minimum atomic E-state index is -0.171. The summed E-state index contributed by atoms with van der Waals surface area (Å²) in [7, 11) is 0. The number of aromatic nitrogens is 4. The predicted octanol–water partition coefficient (Wildman–Crippen LogP) is 3.00. The summed E-state index contributed by atoms with van der Waals surface area (Å²) in [5.41, 5.74) is 3.02. The van der Waals surface area contributed by atoms with Crippen molar-refractivity contribution in [2.75, 3.05) is 5.32 Å². The Labute approximate surface area is 131 Å². The van der Waals surface area contributed by atoms with Gasteiger partial charge in [0.1, 0.15) is 0 Å². The van der Waals surface area contributed by atoms with E-state index in [1.165, 1.54) is 0 Å². The molecule has 0 saturated heterocycles. The molecule has 112 valence electrons. The molecular formula is C17H13N5O. The third kappa shape index (κ3) is 2.46. The van der Waals surface area contributed by atoms with E-state index in [9.17, 15) is 4.79 Å². The van der Waals surface area contributed by atoms with Gasteiger partial charge in [0.05, 0.1) is 23.6 Å². The zero-order valence-electron chi connectivity index (χ0n) is 12.1. The molecule has 0 fully saturated rings. The number of anilines is 1. The summed E-state index contributed by atoms with van der Waals surface area (Å²) >= 11 is 0. The zero-order valence-corrected chi connectivity index (χ0v) is 12.1. The topological polar surface area (TPSA) is 75.6 Å². The summed E-state index contributed by atoms with van der Waals surface area (Å²) in [6, 6.07) is 13.1. The standard InChI is InChI=1S/C17H13N5O/c23-17(15-3-1-2-12-10-19-21-16(12)15)20-13-4-6-14(7-5-13)22-9-8-18-11-22/h1-11H,(H,19,21)(H,20,23). The van der Waals surface area contributed by atoms with Gasteiger partial charge in [0.25, 0.3) is 5.91 Å². The average Bonchev–Trinajstić information content (AvgIpc) is 3.26. The Morgan fingerprint density at radius 3 is 2.78 bits per heavy atom. The van der Waals surface area contributed by atoms with Crippen LogP contribution in [-0.2, 0) is 0 Å². The molecule has 4 rings (SSSR count). The number of fused-ring (bicyclic) bond motifs is 1. The summed E-state index contributed by atoms with van der Waals surface area (Å²) in [5, 5.41) is 10.7. The van der Waals surface area contributed by atoms with Crippen LogP contribution in [0.15, 0.2) is 67.4 Å². The third-order valence-electron chi connectivity index (χ3n) is 3.65. The highest BCUT2D eigenvalue weighted by Crippen LogP contribution is 2.18. The molecule has 1 amide bonds. The van der Waals surface area contributed by atoms with E-state index in [1.54, 1.807) is 24.8 Å². The first-order valence-corrected chi connectivity index (χ1v) is 7.13. The quantitative estimate of drug-likeness (QED) is 0.611. The molecule has 0 atom stereocenters. The smallest absolute Gasteiger partial charge is 0.257 e. The van der Waals surface area contributed by atoms with Crippen LogP contribution in [0.3, 0.4) is 0 Å². The highest BCUT2D eigenvalue weighted by atomic mass is 16.1. The maximum Gasteiger partial charge on any atom is 0.257 e. The minimum Gasteiger partial charge on any atom is -0.322 e. The molecular weight excluding hydrogens is 290 g/mol. The molecule has 0 aliphatic heterocycles. The number of imidazole rings is 1. The summed E-state index contributed by atoms with van der Waals surface area (Å²) in [5.74, 6) is -0.171. The Hall–Kier alpha value is -3.41. The van der Waals surface area contributed by atoms with Crippen molar-refractivity contribution in [2.24, 2.45) is 0 Å². The Morgan fingerprint density at radius 2 is 2.00 bits per heavy atom. The summed E-state index contributed by atoms with van der Waals surface area (Å²) < 4.78 is 1.90. The van der Waals surface area contributed by atoms with E-state index >= 15 is 0 Å². The fraction of sp³-hybridized carbons (Fsp3) is 0. The maximum absolute atomic E-state index is 12.5. The largest absolute Gasteiger partial charge is 0.322 e. The molecule has 0 radical (unpaired) electrons. The van der Waals surface area contributed by atoms with Crippen LogP contribution >= 0.6 is 0 Å². The number of hydrogen-bond donors (Lipinski definition) is 2. The number of amides is 1. The van der Waals surface area contributed by atoms with E-state index in [4.69, 9.17) is 0 Å². The molecule has 4 aromatic rings. The molecule has 2 aromatic heterocycles. The van der Waals surface area contributed by atoms with Crippen molar-refractivity contribution in [3.8, 4) is 5.69 Å². The number of carbonyl (C=O) groups is 1. The highest BCUT2D eigenvalue weighted by molar-refractivity contribution is 6.11. The van der Waals surface area contributed by atoms with Gasteiger partial charge < -0.3 is 9.88 Å². The third-order valence-corrected chi connectivity index (χ3v) is 3.65. The second-order valence-corrected chi connectivity index (χ2v) is 5.11. The number of carbonyl (C=O) groups excluding carboxylic acids is 1. The highest BCUT2D eigenvalue weighted by Gasteiger charge is 2.11. The molecule has 0 aliphatic rings. The van der Waals surface area contributed by atoms with E-state index in [-0.39, 0.29) is 5.91 Å². The van der Waals surface area contributed by atoms with Crippen molar-refractivity contribution in [3.05, 3.63) is 72.9 Å². The van der Waals surface area contributed by atoms with E-state index in [2.05, 4.69) is 20.5 Å². The second kappa shape index (κ2) is 5.42. The number of nitrogens with one attached hydrogen (secondary N) is 2. The fourth-order valence-electron chi connectivity index (χ4n) is 2.49. The lowest BCUT2D eigenvalue weighted by Gasteiger charge is -2.07. The molecule has 0 bridgehead atoms. The Bertz CT molecular complexity index is 954. The number of para-hydroxylation sites is 1. The summed E-state index contributed by atoms with van der Waals surface area (Å²) in [4.78, 5) is 16.5. The number of hydrogen-bond acceptors (Lipinski definition) is 3. The number of aromatic amines is 1. The van der Waals surface area contributed by atoms with Crippen LogP contribution < -0.4 is 5.32 Å². The summed E-state index contributed by atoms with van der Waals surface area (Å²) in [6.45, 7) is 0. The normalized spacial score (nSPS) is 10.8. The van der Waals surface area contributed by atoms with Crippen LogP contribution in [0.1, 0.15) is 10.4 Å². The Morgan fingerprint density at radius 1 is 1.13 bits per heavy atom. The van der Waals surface area contributed by atoms with Gasteiger partial charge in [0, 0.05) is 29.2 Å². The maximum atomic E-state index is 12.5. The first-order chi connectivity index (χ1) is 11.3. The number of rotatable bonds is 3. The number of H-pyrrole nitrogens is 1. The molecule has 0 spiro atoms. The molecule has 23 heavy (non-hydrogen) atoms. The van der Waals surface area contributed by atoms with Gasteiger partial charge in [-0.15, -0.1) is 0 Å². The first kappa shape index (κ1) is 13.3. The lowest BCUT2D eigenvalue weighted by Crippen LogP contribution is -2.12. The Kier molecular flexibility index (Phi) is 3.12. The molecule has 0 unspecified atom stereocenters. The predicted molar refractivity (Wildman–Crippen MR) is 87.6 cm³/mol. The minimum absolute atomic E-state index is 0.171. The molecule has 6 nitrogen and oxygen atoms in total. The molecule has 0 saturated carbocycles. The monoisotopic (exact) mass is 303 g/mol. The van der Waals surface area contributed by atoms with E-state index < -0.39 is 0 Å². The van der Waals surface area contributed by atoms with Crippen LogP contribution in [0.4, 0.5) is 5.69 Å². The van der Waals surface area contributed by atoms with Crippen molar-refractivity contribution < 1.29 is 4.79 Å². The SMILES string of the molecule is O=C(Nc1ccc(-n2ccnc2)cc1)c1cccc2cn[nH]c12. The van der Waals surface area contributed by atoms with Gasteiger partial charge in [-0.1, -0.05) is 12.1 Å². The van der Waals surface area contributed by atoms with E-state index in [0.717, 1.165) is 22.3 Å². The van der Waals surface area contributed by atoms with Gasteiger partial charge in [-0.3, -0.25) is 9.89 Å². The second-order valence-electron chi connectivity index (χ2n) is 5.11. The van der Waals surface area contributed by atoms with Crippen molar-refractivity contribution >= 4 is 22.5 Å². The van der Waals surface area contributed by atoms with Gasteiger partial charge in [0.2, 0.25) is 0 Å². The van der Waals surface area contributed by atoms with Crippen LogP contribution in [-0.4, -0.2) is 25.7 Å². The van der Waals surface area contributed by atoms with Crippen molar-refractivity contribution in [3.63, 3.8) is 0 Å². The van der Waals surface area contributed by atoms with Gasteiger partial charge >= 0.3 is 0 Å². The summed E-state index contributed by atoms with van der Waals surface area (Å²) in [6.07, 6.45) is 7.02. The van der Waals surface area contributed by atoms with E-state index in [0.29, 0.717) is 5.56 Å². The molecule has 2 heterocycles. The molecule has 0 aliphatic carbocycles. The number of benzene rings is 2. The average molecular weight is 303 g/mol. The van der Waals surface area contributed by atoms with Crippen LogP contribution in [0, 0.1) is 0 Å². The number of nitrogens with zero attached hydrogens (tertiary/aromatic N) is 3. The van der Waals surface area contributed by atoms with Gasteiger partial charge in [-0.2, -0.15) is 5.10 Å². The van der Waals surface area contributed by atoms with Crippen molar-refractivity contribution in [2.45, 2.75) is 0 Å². The lowest BCUT2D eigenvalue weighted by atomic mass is 10.1. The lowest BCUT2D eigenvalue weighted by molar-refractivity contribution is 0.102. The van der Waals surface area contributed by atoms with Crippen LogP contribution in [0.5, 0.6) is 0 Å². The fourth-order valence-corrected chi connectivity index (χ4v) is 2.49.